The van der Waals surface area contributed by atoms with Gasteiger partial charge in [-0.15, -0.1) is 0 Å². The third-order valence-corrected chi connectivity index (χ3v) is 5.24. The fraction of sp³-hybridized carbons (Fsp3) is 0.200. The highest BCUT2D eigenvalue weighted by Gasteiger charge is 2.33. The van der Waals surface area contributed by atoms with E-state index in [1.807, 2.05) is 60.5 Å². The molecule has 1 aliphatic heterocycles. The van der Waals surface area contributed by atoms with Crippen molar-refractivity contribution in [3.05, 3.63) is 95.4 Å². The van der Waals surface area contributed by atoms with E-state index in [9.17, 15) is 9.59 Å². The van der Waals surface area contributed by atoms with Crippen LogP contribution < -0.4 is 4.90 Å². The van der Waals surface area contributed by atoms with E-state index >= 15 is 0 Å². The lowest BCUT2D eigenvalue weighted by molar-refractivity contribution is -0.127. The first-order chi connectivity index (χ1) is 15.1. The van der Waals surface area contributed by atoms with Crippen LogP contribution in [-0.2, 0) is 22.6 Å². The molecule has 0 spiro atoms. The largest absolute Gasteiger partial charge is 0.344 e. The number of carbonyl (C=O) groups is 2. The maximum absolute atomic E-state index is 12.5. The van der Waals surface area contributed by atoms with Crippen molar-refractivity contribution >= 4 is 23.7 Å². The summed E-state index contributed by atoms with van der Waals surface area (Å²) in [5.74, 6) is 0.213. The van der Waals surface area contributed by atoms with Crippen LogP contribution in [0.25, 0.3) is 6.08 Å². The minimum Gasteiger partial charge on any atom is -0.344 e. The molecule has 0 atom stereocenters. The quantitative estimate of drug-likeness (QED) is 0.439. The lowest BCUT2D eigenvalue weighted by Gasteiger charge is -2.18. The molecule has 0 N–H and O–H groups in total. The number of nitrogens with zero attached hydrogens (tertiary/aromatic N) is 4. The first-order valence-electron chi connectivity index (χ1n) is 10.3. The Balaban J connectivity index is 1.51. The third-order valence-electron chi connectivity index (χ3n) is 5.24. The van der Waals surface area contributed by atoms with Crippen LogP contribution in [0.3, 0.4) is 0 Å². The number of aromatic nitrogens is 2. The lowest BCUT2D eigenvalue weighted by Crippen LogP contribution is -2.24. The number of allylic oxidation sites excluding steroid dienone is 1. The molecular weight excluding hydrogens is 388 g/mol. The van der Waals surface area contributed by atoms with Gasteiger partial charge in [-0.25, -0.2) is 9.97 Å². The molecule has 0 aliphatic carbocycles. The van der Waals surface area contributed by atoms with Crippen LogP contribution in [0, 0.1) is 0 Å². The van der Waals surface area contributed by atoms with E-state index < -0.39 is 0 Å². The van der Waals surface area contributed by atoms with Crippen molar-refractivity contribution in [2.75, 3.05) is 18.5 Å². The summed E-state index contributed by atoms with van der Waals surface area (Å²) in [6.45, 7) is 1.13. The zero-order chi connectivity index (χ0) is 21.6. The minimum atomic E-state index is -0.186. The van der Waals surface area contributed by atoms with Crippen molar-refractivity contribution in [1.29, 1.82) is 0 Å². The molecule has 1 amide bonds. The molecule has 0 saturated carbocycles. The molecule has 6 heteroatoms. The van der Waals surface area contributed by atoms with Crippen LogP contribution in [0.5, 0.6) is 0 Å². The smallest absolute Gasteiger partial charge is 0.235 e. The Morgan fingerprint density at radius 3 is 2.35 bits per heavy atom. The van der Waals surface area contributed by atoms with E-state index in [2.05, 4.69) is 22.1 Å². The van der Waals surface area contributed by atoms with Gasteiger partial charge in [-0.2, -0.15) is 0 Å². The molecule has 1 saturated heterocycles. The number of anilines is 1. The maximum atomic E-state index is 12.5. The molecule has 0 unspecified atom stereocenters. The summed E-state index contributed by atoms with van der Waals surface area (Å²) < 4.78 is 0. The van der Waals surface area contributed by atoms with E-state index in [0.717, 1.165) is 18.5 Å². The average molecular weight is 412 g/mol. The van der Waals surface area contributed by atoms with E-state index in [0.29, 0.717) is 23.9 Å². The Morgan fingerprint density at radius 2 is 1.65 bits per heavy atom. The number of amides is 1. The fourth-order valence-electron chi connectivity index (χ4n) is 3.51. The SMILES string of the molecule is CN(CCc1ccccc1)c1nccc(/C=C2/C(=O)CC(=O)N2Cc2ccccc2)n1. The highest BCUT2D eigenvalue weighted by Crippen LogP contribution is 2.24. The van der Waals surface area contributed by atoms with Gasteiger partial charge in [-0.05, 0) is 29.7 Å². The van der Waals surface area contributed by atoms with Gasteiger partial charge in [-0.1, -0.05) is 60.7 Å². The third kappa shape index (κ3) is 5.04. The molecule has 1 aliphatic rings. The lowest BCUT2D eigenvalue weighted by atomic mass is 10.1. The van der Waals surface area contributed by atoms with Crippen molar-refractivity contribution in [3.8, 4) is 0 Å². The number of carbonyl (C=O) groups excluding carboxylic acids is 2. The number of hydrogen-bond donors (Lipinski definition) is 0. The van der Waals surface area contributed by atoms with Crippen molar-refractivity contribution in [3.63, 3.8) is 0 Å². The average Bonchev–Trinajstić information content (AvgIpc) is 3.06. The summed E-state index contributed by atoms with van der Waals surface area (Å²) in [5.41, 5.74) is 3.21. The van der Waals surface area contributed by atoms with Crippen LogP contribution in [0.1, 0.15) is 23.2 Å². The molecule has 1 aromatic heterocycles. The van der Waals surface area contributed by atoms with Gasteiger partial charge in [0, 0.05) is 19.8 Å². The van der Waals surface area contributed by atoms with Gasteiger partial charge < -0.3 is 9.80 Å². The number of likely N-dealkylation sites (N-methyl/N-ethyl adjacent to an activating group) is 1. The molecule has 0 bridgehead atoms. The van der Waals surface area contributed by atoms with Crippen LogP contribution in [-0.4, -0.2) is 40.2 Å². The standard InChI is InChI=1S/C25H24N4O2/c1-28(15-13-19-8-4-2-5-9-19)25-26-14-12-21(27-25)16-22-23(30)17-24(31)29(22)18-20-10-6-3-7-11-20/h2-12,14,16H,13,15,17-18H2,1H3/b22-16-. The Kier molecular flexibility index (Phi) is 6.17. The number of likely N-dealkylation sites (tertiary alicyclic amines) is 1. The predicted molar refractivity (Wildman–Crippen MR) is 120 cm³/mol. The molecule has 1 fully saturated rings. The Bertz CT molecular complexity index is 1100. The zero-order valence-electron chi connectivity index (χ0n) is 17.4. The van der Waals surface area contributed by atoms with Crippen molar-refractivity contribution in [2.24, 2.45) is 0 Å². The van der Waals surface area contributed by atoms with Crippen LogP contribution in [0.2, 0.25) is 0 Å². The molecule has 156 valence electrons. The molecule has 6 nitrogen and oxygen atoms in total. The van der Waals surface area contributed by atoms with Gasteiger partial charge in [0.1, 0.15) is 0 Å². The second kappa shape index (κ2) is 9.34. The summed E-state index contributed by atoms with van der Waals surface area (Å²) in [4.78, 5) is 37.4. The highest BCUT2D eigenvalue weighted by molar-refractivity contribution is 6.16. The van der Waals surface area contributed by atoms with Gasteiger partial charge in [0.25, 0.3) is 0 Å². The van der Waals surface area contributed by atoms with Crippen molar-refractivity contribution in [1.82, 2.24) is 14.9 Å². The molecule has 31 heavy (non-hydrogen) atoms. The summed E-state index contributed by atoms with van der Waals surface area (Å²) in [5, 5.41) is 0. The first kappa shape index (κ1) is 20.5. The van der Waals surface area contributed by atoms with Crippen LogP contribution in [0.4, 0.5) is 5.95 Å². The molecule has 3 aromatic rings. The summed E-state index contributed by atoms with van der Waals surface area (Å²) in [6.07, 6.45) is 4.14. The van der Waals surface area contributed by atoms with Crippen LogP contribution in [0.15, 0.2) is 78.6 Å². The van der Waals surface area contributed by atoms with Crippen molar-refractivity contribution < 1.29 is 9.59 Å². The second-order valence-corrected chi connectivity index (χ2v) is 7.53. The highest BCUT2D eigenvalue weighted by atomic mass is 16.2. The van der Waals surface area contributed by atoms with Gasteiger partial charge in [-0.3, -0.25) is 9.59 Å². The predicted octanol–water partition coefficient (Wildman–Crippen LogP) is 3.50. The Labute approximate surface area is 181 Å². The topological polar surface area (TPSA) is 66.4 Å². The number of ketones is 1. The second-order valence-electron chi connectivity index (χ2n) is 7.53. The summed E-state index contributed by atoms with van der Waals surface area (Å²) in [6, 6.07) is 21.6. The Morgan fingerprint density at radius 1 is 0.968 bits per heavy atom. The van der Waals surface area contributed by atoms with E-state index in [4.69, 9.17) is 0 Å². The fourth-order valence-corrected chi connectivity index (χ4v) is 3.51. The number of hydrogen-bond acceptors (Lipinski definition) is 5. The first-order valence-corrected chi connectivity index (χ1v) is 10.3. The maximum Gasteiger partial charge on any atom is 0.235 e. The molecule has 0 radical (unpaired) electrons. The Hall–Kier alpha value is -3.80. The summed E-state index contributed by atoms with van der Waals surface area (Å²) >= 11 is 0. The van der Waals surface area contributed by atoms with Gasteiger partial charge >= 0.3 is 0 Å². The van der Waals surface area contributed by atoms with Crippen LogP contribution >= 0.6 is 0 Å². The van der Waals surface area contributed by atoms with E-state index in [1.54, 1.807) is 23.2 Å². The number of Topliss-reactive ketones (excluding diaryl/α,β-unsaturated/α-hetero) is 1. The monoisotopic (exact) mass is 412 g/mol. The van der Waals surface area contributed by atoms with Gasteiger partial charge in [0.2, 0.25) is 11.9 Å². The normalized spacial score (nSPS) is 15.0. The number of benzene rings is 2. The van der Waals surface area contributed by atoms with Gasteiger partial charge in [0.05, 0.1) is 24.4 Å². The summed E-state index contributed by atoms with van der Waals surface area (Å²) in [7, 11) is 1.95. The molecule has 4 rings (SSSR count). The van der Waals surface area contributed by atoms with Crippen molar-refractivity contribution in [2.45, 2.75) is 19.4 Å². The van der Waals surface area contributed by atoms with Gasteiger partial charge in [0.15, 0.2) is 5.78 Å². The number of rotatable bonds is 7. The molecular formula is C25H24N4O2. The molecule has 2 aromatic carbocycles. The zero-order valence-corrected chi connectivity index (χ0v) is 17.4. The van der Waals surface area contributed by atoms with E-state index in [-0.39, 0.29) is 18.1 Å². The minimum absolute atomic E-state index is 0.104. The molecule has 2 heterocycles. The van der Waals surface area contributed by atoms with E-state index in [1.165, 1.54) is 5.56 Å².